The zero-order valence-electron chi connectivity index (χ0n) is 15.4. The van der Waals surface area contributed by atoms with Gasteiger partial charge >= 0.3 is 5.97 Å². The molecule has 6 heteroatoms. The van der Waals surface area contributed by atoms with Crippen LogP contribution in [0.1, 0.15) is 23.0 Å². The highest BCUT2D eigenvalue weighted by Gasteiger charge is 2.24. The van der Waals surface area contributed by atoms with Gasteiger partial charge in [-0.1, -0.05) is 35.9 Å². The van der Waals surface area contributed by atoms with E-state index >= 15 is 0 Å². The molecule has 6 nitrogen and oxygen atoms in total. The summed E-state index contributed by atoms with van der Waals surface area (Å²) in [5.41, 5.74) is 2.82. The van der Waals surface area contributed by atoms with Crippen molar-refractivity contribution in [3.05, 3.63) is 70.1 Å². The molecule has 0 saturated carbocycles. The number of aromatic nitrogens is 3. The molecule has 0 aliphatic rings. The second kappa shape index (κ2) is 6.39. The molecule has 0 radical (unpaired) electrons. The zero-order valence-corrected chi connectivity index (χ0v) is 15.4. The number of nitrogens with zero attached hydrogens (tertiary/aromatic N) is 3. The predicted octanol–water partition coefficient (Wildman–Crippen LogP) is 3.36. The van der Waals surface area contributed by atoms with Gasteiger partial charge in [-0.3, -0.25) is 4.79 Å². The van der Waals surface area contributed by atoms with E-state index in [2.05, 4.69) is 5.10 Å². The van der Waals surface area contributed by atoms with Crippen LogP contribution in [-0.2, 0) is 11.8 Å². The average Bonchev–Trinajstić information content (AvgIpc) is 2.97. The van der Waals surface area contributed by atoms with Gasteiger partial charge in [-0.25, -0.2) is 4.79 Å². The van der Waals surface area contributed by atoms with Crippen LogP contribution in [0.4, 0.5) is 0 Å². The normalized spacial score (nSPS) is 11.2. The molecule has 2 aromatic carbocycles. The summed E-state index contributed by atoms with van der Waals surface area (Å²) in [6.45, 7) is 3.95. The van der Waals surface area contributed by atoms with E-state index in [4.69, 9.17) is 4.74 Å². The summed E-state index contributed by atoms with van der Waals surface area (Å²) in [7, 11) is 1.82. The monoisotopic (exact) mass is 361 g/mol. The Morgan fingerprint density at radius 3 is 2.52 bits per heavy atom. The summed E-state index contributed by atoms with van der Waals surface area (Å²) in [5.74, 6) is -0.542. The van der Waals surface area contributed by atoms with Crippen LogP contribution >= 0.6 is 0 Å². The van der Waals surface area contributed by atoms with Gasteiger partial charge in [0.25, 0.3) is 5.56 Å². The number of benzene rings is 2. The lowest BCUT2D eigenvalue weighted by molar-refractivity contribution is 0.0520. The van der Waals surface area contributed by atoms with E-state index in [9.17, 15) is 9.59 Å². The third-order valence-corrected chi connectivity index (χ3v) is 4.69. The SMILES string of the molecule is CCOC(=O)c1nn(-c2ccc(C)cc2)c(=O)c2c1c1ccccc1n2C. The molecular formula is C21H19N3O3. The highest BCUT2D eigenvalue weighted by atomic mass is 16.5. The molecule has 0 aliphatic carbocycles. The lowest BCUT2D eigenvalue weighted by Gasteiger charge is -2.10. The van der Waals surface area contributed by atoms with E-state index in [0.29, 0.717) is 16.6 Å². The fourth-order valence-electron chi connectivity index (χ4n) is 3.38. The van der Waals surface area contributed by atoms with Crippen molar-refractivity contribution in [3.63, 3.8) is 0 Å². The number of fused-ring (bicyclic) bond motifs is 3. The molecular weight excluding hydrogens is 342 g/mol. The number of hydrogen-bond acceptors (Lipinski definition) is 4. The van der Waals surface area contributed by atoms with Crippen molar-refractivity contribution in [3.8, 4) is 5.69 Å². The van der Waals surface area contributed by atoms with Gasteiger partial charge < -0.3 is 9.30 Å². The lowest BCUT2D eigenvalue weighted by Crippen LogP contribution is -2.26. The van der Waals surface area contributed by atoms with Gasteiger partial charge in [-0.15, -0.1) is 0 Å². The molecule has 136 valence electrons. The largest absolute Gasteiger partial charge is 0.461 e. The minimum Gasteiger partial charge on any atom is -0.461 e. The Hall–Kier alpha value is -3.41. The molecule has 4 rings (SSSR count). The maximum atomic E-state index is 13.3. The van der Waals surface area contributed by atoms with E-state index in [1.54, 1.807) is 6.92 Å². The van der Waals surface area contributed by atoms with E-state index < -0.39 is 5.97 Å². The molecule has 4 aromatic rings. The summed E-state index contributed by atoms with van der Waals surface area (Å²) < 4.78 is 8.30. The fourth-order valence-corrected chi connectivity index (χ4v) is 3.38. The van der Waals surface area contributed by atoms with Crippen LogP contribution < -0.4 is 5.56 Å². The maximum Gasteiger partial charge on any atom is 0.359 e. The molecule has 0 N–H and O–H groups in total. The van der Waals surface area contributed by atoms with Gasteiger partial charge in [0.1, 0.15) is 5.52 Å². The topological polar surface area (TPSA) is 66.1 Å². The minimum absolute atomic E-state index is 0.142. The van der Waals surface area contributed by atoms with Gasteiger partial charge in [-0.2, -0.15) is 9.78 Å². The first-order chi connectivity index (χ1) is 13.0. The van der Waals surface area contributed by atoms with Crippen molar-refractivity contribution in [1.82, 2.24) is 14.3 Å². The molecule has 0 atom stereocenters. The van der Waals surface area contributed by atoms with Gasteiger partial charge in [0, 0.05) is 23.3 Å². The van der Waals surface area contributed by atoms with E-state index in [0.717, 1.165) is 16.5 Å². The number of rotatable bonds is 3. The molecule has 0 saturated heterocycles. The number of aryl methyl sites for hydroxylation is 2. The Kier molecular flexibility index (Phi) is 4.03. The van der Waals surface area contributed by atoms with E-state index in [1.807, 2.05) is 67.1 Å². The van der Waals surface area contributed by atoms with E-state index in [1.165, 1.54) is 4.68 Å². The van der Waals surface area contributed by atoms with Crippen molar-refractivity contribution in [2.75, 3.05) is 6.61 Å². The van der Waals surface area contributed by atoms with Crippen LogP contribution in [0.15, 0.2) is 53.3 Å². The summed E-state index contributed by atoms with van der Waals surface area (Å²) >= 11 is 0. The number of para-hydroxylation sites is 1. The van der Waals surface area contributed by atoms with Crippen LogP contribution in [0.5, 0.6) is 0 Å². The molecule has 0 fully saturated rings. The van der Waals surface area contributed by atoms with Crippen LogP contribution in [0, 0.1) is 6.92 Å². The average molecular weight is 361 g/mol. The Labute approximate surface area is 155 Å². The summed E-state index contributed by atoms with van der Waals surface area (Å²) in [4.78, 5) is 25.9. The second-order valence-electron chi connectivity index (χ2n) is 6.42. The molecule has 0 unspecified atom stereocenters. The van der Waals surface area contributed by atoms with Crippen molar-refractivity contribution >= 4 is 27.8 Å². The van der Waals surface area contributed by atoms with Gasteiger partial charge in [0.2, 0.25) is 0 Å². The number of carbonyl (C=O) groups is 1. The Morgan fingerprint density at radius 2 is 1.81 bits per heavy atom. The van der Waals surface area contributed by atoms with Gasteiger partial charge in [0.15, 0.2) is 5.69 Å². The molecule has 0 aliphatic heterocycles. The maximum absolute atomic E-state index is 13.3. The number of esters is 1. The van der Waals surface area contributed by atoms with Crippen LogP contribution in [0.3, 0.4) is 0 Å². The molecule has 0 amide bonds. The summed E-state index contributed by atoms with van der Waals surface area (Å²) in [5, 5.41) is 5.73. The first-order valence-electron chi connectivity index (χ1n) is 8.77. The van der Waals surface area contributed by atoms with Gasteiger partial charge in [0.05, 0.1) is 12.3 Å². The third-order valence-electron chi connectivity index (χ3n) is 4.69. The Morgan fingerprint density at radius 1 is 1.11 bits per heavy atom. The predicted molar refractivity (Wildman–Crippen MR) is 105 cm³/mol. The standard InChI is InChI=1S/C21H19N3O3/c1-4-27-21(26)18-17-15-7-5-6-8-16(15)23(3)19(17)20(25)24(22-18)14-11-9-13(2)10-12-14/h5-12H,4H2,1-3H3. The molecule has 27 heavy (non-hydrogen) atoms. The van der Waals surface area contributed by atoms with Crippen molar-refractivity contribution in [2.24, 2.45) is 7.05 Å². The van der Waals surface area contributed by atoms with Crippen LogP contribution in [-0.4, -0.2) is 26.9 Å². The molecule has 0 bridgehead atoms. The third kappa shape index (κ3) is 2.61. The Balaban J connectivity index is 2.16. The quantitative estimate of drug-likeness (QED) is 0.525. The lowest BCUT2D eigenvalue weighted by atomic mass is 10.1. The van der Waals surface area contributed by atoms with Gasteiger partial charge in [-0.05, 0) is 32.0 Å². The fraction of sp³-hybridized carbons (Fsp3) is 0.190. The molecule has 0 spiro atoms. The van der Waals surface area contributed by atoms with Crippen molar-refractivity contribution in [2.45, 2.75) is 13.8 Å². The highest BCUT2D eigenvalue weighted by molar-refractivity contribution is 6.15. The summed E-state index contributed by atoms with van der Waals surface area (Å²) in [6.07, 6.45) is 0. The number of ether oxygens (including phenoxy) is 1. The van der Waals surface area contributed by atoms with E-state index in [-0.39, 0.29) is 17.9 Å². The Bertz CT molecular complexity index is 1230. The molecule has 2 heterocycles. The van der Waals surface area contributed by atoms with Crippen LogP contribution in [0.2, 0.25) is 0 Å². The first-order valence-corrected chi connectivity index (χ1v) is 8.77. The van der Waals surface area contributed by atoms with Crippen LogP contribution in [0.25, 0.3) is 27.5 Å². The van der Waals surface area contributed by atoms with Crippen molar-refractivity contribution in [1.29, 1.82) is 0 Å². The number of hydrogen-bond donors (Lipinski definition) is 0. The van der Waals surface area contributed by atoms with Crippen molar-refractivity contribution < 1.29 is 9.53 Å². The first kappa shape index (κ1) is 17.0. The smallest absolute Gasteiger partial charge is 0.359 e. The number of carbonyl (C=O) groups excluding carboxylic acids is 1. The second-order valence-corrected chi connectivity index (χ2v) is 6.42. The highest BCUT2D eigenvalue weighted by Crippen LogP contribution is 2.28. The minimum atomic E-state index is -0.542. The zero-order chi connectivity index (χ0) is 19.1. The molecule has 2 aromatic heterocycles. The summed E-state index contributed by atoms with van der Waals surface area (Å²) in [6, 6.07) is 15.0.